The van der Waals surface area contributed by atoms with Crippen molar-refractivity contribution >= 4 is 15.9 Å². The molecule has 0 spiro atoms. The molecule has 0 amide bonds. The monoisotopic (exact) mass is 334 g/mol. The van der Waals surface area contributed by atoms with Gasteiger partial charge in [-0.25, -0.2) is 0 Å². The van der Waals surface area contributed by atoms with Crippen LogP contribution in [0, 0.1) is 6.92 Å². The average molecular weight is 335 g/mol. The van der Waals surface area contributed by atoms with Crippen molar-refractivity contribution in [3.05, 3.63) is 57.8 Å². The summed E-state index contributed by atoms with van der Waals surface area (Å²) in [5, 5.41) is 3.24. The molecular formula is C16H19BrN2O. The number of hydrogen-bond acceptors (Lipinski definition) is 3. The molecule has 1 unspecified atom stereocenters. The van der Waals surface area contributed by atoms with Crippen LogP contribution in [0.2, 0.25) is 0 Å². The van der Waals surface area contributed by atoms with E-state index < -0.39 is 0 Å². The molecule has 0 aliphatic carbocycles. The number of benzene rings is 1. The average Bonchev–Trinajstić information content (AvgIpc) is 2.46. The van der Waals surface area contributed by atoms with E-state index in [1.165, 1.54) is 0 Å². The van der Waals surface area contributed by atoms with Crippen LogP contribution in [0.3, 0.4) is 0 Å². The Hall–Kier alpha value is -1.39. The molecule has 1 N–H and O–H groups in total. The molecule has 20 heavy (non-hydrogen) atoms. The lowest BCUT2D eigenvalue weighted by Gasteiger charge is -2.17. The first-order valence-corrected chi connectivity index (χ1v) is 7.41. The number of aromatic nitrogens is 1. The second kappa shape index (κ2) is 6.86. The summed E-state index contributed by atoms with van der Waals surface area (Å²) in [5.74, 6) is 0.881. The van der Waals surface area contributed by atoms with Gasteiger partial charge in [-0.05, 0) is 44.7 Å². The molecule has 0 saturated carbocycles. The van der Waals surface area contributed by atoms with Crippen LogP contribution in [0.1, 0.15) is 29.8 Å². The van der Waals surface area contributed by atoms with Gasteiger partial charge in [0.15, 0.2) is 0 Å². The number of pyridine rings is 1. The molecule has 2 aromatic rings. The molecule has 1 heterocycles. The fourth-order valence-corrected chi connectivity index (χ4v) is 2.30. The van der Waals surface area contributed by atoms with Crippen LogP contribution in [-0.4, -0.2) is 12.0 Å². The summed E-state index contributed by atoms with van der Waals surface area (Å²) in [6.07, 6.45) is 1.80. The van der Waals surface area contributed by atoms with E-state index in [0.717, 1.165) is 27.0 Å². The van der Waals surface area contributed by atoms with E-state index in [1.54, 1.807) is 6.20 Å². The molecule has 1 atom stereocenters. The Morgan fingerprint density at radius 2 is 2.15 bits per heavy atom. The predicted octanol–water partition coefficient (Wildman–Crippen LogP) is 4.01. The maximum Gasteiger partial charge on any atom is 0.130 e. The molecule has 2 rings (SSSR count). The van der Waals surface area contributed by atoms with Crippen LogP contribution >= 0.6 is 15.9 Å². The zero-order valence-electron chi connectivity index (χ0n) is 12.0. The van der Waals surface area contributed by atoms with Crippen LogP contribution in [0.15, 0.2) is 41.0 Å². The van der Waals surface area contributed by atoms with Crippen molar-refractivity contribution < 1.29 is 4.74 Å². The van der Waals surface area contributed by atoms with Gasteiger partial charge in [-0.1, -0.05) is 28.1 Å². The summed E-state index contributed by atoms with van der Waals surface area (Å²) < 4.78 is 6.99. The van der Waals surface area contributed by atoms with E-state index >= 15 is 0 Å². The fraction of sp³-hybridized carbons (Fsp3) is 0.312. The molecule has 4 heteroatoms. The maximum atomic E-state index is 5.98. The summed E-state index contributed by atoms with van der Waals surface area (Å²) >= 11 is 3.49. The van der Waals surface area contributed by atoms with Crippen molar-refractivity contribution in [2.24, 2.45) is 0 Å². The molecule has 0 aliphatic rings. The third kappa shape index (κ3) is 3.58. The Bertz CT molecular complexity index is 586. The zero-order chi connectivity index (χ0) is 14.5. The molecular weight excluding hydrogens is 316 g/mol. The quantitative estimate of drug-likeness (QED) is 0.896. The molecule has 0 bridgehead atoms. The molecule has 0 aliphatic heterocycles. The van der Waals surface area contributed by atoms with Crippen molar-refractivity contribution in [2.45, 2.75) is 26.5 Å². The van der Waals surface area contributed by atoms with Crippen molar-refractivity contribution in [2.75, 3.05) is 7.05 Å². The molecule has 1 aromatic heterocycles. The molecule has 0 saturated heterocycles. The molecule has 0 radical (unpaired) electrons. The highest BCUT2D eigenvalue weighted by molar-refractivity contribution is 9.10. The summed E-state index contributed by atoms with van der Waals surface area (Å²) in [5.41, 5.74) is 3.26. The first-order valence-electron chi connectivity index (χ1n) is 6.62. The number of halogens is 1. The van der Waals surface area contributed by atoms with Crippen LogP contribution in [0.5, 0.6) is 5.75 Å². The minimum absolute atomic E-state index is 0.239. The third-order valence-corrected chi connectivity index (χ3v) is 3.85. The van der Waals surface area contributed by atoms with Gasteiger partial charge in [-0.3, -0.25) is 4.98 Å². The first-order chi connectivity index (χ1) is 9.61. The standard InChI is InChI=1S/C16H19BrN2O/c1-11-5-4-8-19-15(11)10-20-16-9-13(17)6-7-14(16)12(2)18-3/h4-9,12,18H,10H2,1-3H3. The van der Waals surface area contributed by atoms with Gasteiger partial charge in [-0.15, -0.1) is 0 Å². The SMILES string of the molecule is CNC(C)c1ccc(Br)cc1OCc1ncccc1C. The normalized spacial score (nSPS) is 12.2. The Morgan fingerprint density at radius 3 is 2.85 bits per heavy atom. The third-order valence-electron chi connectivity index (χ3n) is 3.36. The summed E-state index contributed by atoms with van der Waals surface area (Å²) in [6.45, 7) is 4.64. The van der Waals surface area contributed by atoms with E-state index in [0.29, 0.717) is 6.61 Å². The topological polar surface area (TPSA) is 34.1 Å². The summed E-state index contributed by atoms with van der Waals surface area (Å²) in [4.78, 5) is 4.36. The lowest BCUT2D eigenvalue weighted by molar-refractivity contribution is 0.294. The Morgan fingerprint density at radius 1 is 1.35 bits per heavy atom. The van der Waals surface area contributed by atoms with Crippen molar-refractivity contribution in [3.63, 3.8) is 0 Å². The molecule has 3 nitrogen and oxygen atoms in total. The smallest absolute Gasteiger partial charge is 0.130 e. The highest BCUT2D eigenvalue weighted by Crippen LogP contribution is 2.29. The lowest BCUT2D eigenvalue weighted by Crippen LogP contribution is -2.14. The highest BCUT2D eigenvalue weighted by atomic mass is 79.9. The number of rotatable bonds is 5. The number of nitrogens with one attached hydrogen (secondary N) is 1. The first kappa shape index (κ1) is 15.0. The lowest BCUT2D eigenvalue weighted by atomic mass is 10.1. The Balaban J connectivity index is 2.20. The van der Waals surface area contributed by atoms with Gasteiger partial charge in [0.2, 0.25) is 0 Å². The second-order valence-corrected chi connectivity index (χ2v) is 5.66. The van der Waals surface area contributed by atoms with Crippen LogP contribution in [0.4, 0.5) is 0 Å². The van der Waals surface area contributed by atoms with Crippen LogP contribution in [-0.2, 0) is 6.61 Å². The van der Waals surface area contributed by atoms with Crippen LogP contribution < -0.4 is 10.1 Å². The maximum absolute atomic E-state index is 5.98. The van der Waals surface area contributed by atoms with Gasteiger partial charge < -0.3 is 10.1 Å². The summed E-state index contributed by atoms with van der Waals surface area (Å²) in [7, 11) is 1.94. The fourth-order valence-electron chi connectivity index (χ4n) is 1.96. The van der Waals surface area contributed by atoms with Gasteiger partial charge in [0.1, 0.15) is 12.4 Å². The van der Waals surface area contributed by atoms with E-state index in [4.69, 9.17) is 4.74 Å². The molecule has 106 valence electrons. The minimum Gasteiger partial charge on any atom is -0.487 e. The second-order valence-electron chi connectivity index (χ2n) is 4.75. The van der Waals surface area contributed by atoms with Gasteiger partial charge in [0.05, 0.1) is 5.69 Å². The predicted molar refractivity (Wildman–Crippen MR) is 84.9 cm³/mol. The largest absolute Gasteiger partial charge is 0.487 e. The zero-order valence-corrected chi connectivity index (χ0v) is 13.6. The number of ether oxygens (including phenoxy) is 1. The number of hydrogen-bond donors (Lipinski definition) is 1. The molecule has 0 fully saturated rings. The van der Waals surface area contributed by atoms with Crippen molar-refractivity contribution in [1.29, 1.82) is 0 Å². The van der Waals surface area contributed by atoms with Crippen molar-refractivity contribution in [1.82, 2.24) is 10.3 Å². The van der Waals surface area contributed by atoms with Gasteiger partial charge >= 0.3 is 0 Å². The van der Waals surface area contributed by atoms with E-state index in [-0.39, 0.29) is 6.04 Å². The van der Waals surface area contributed by atoms with E-state index in [2.05, 4.69) is 39.2 Å². The minimum atomic E-state index is 0.239. The van der Waals surface area contributed by atoms with Gasteiger partial charge in [0.25, 0.3) is 0 Å². The van der Waals surface area contributed by atoms with E-state index in [1.807, 2.05) is 38.2 Å². The van der Waals surface area contributed by atoms with Gasteiger partial charge in [-0.2, -0.15) is 0 Å². The number of nitrogens with zero attached hydrogens (tertiary/aromatic N) is 1. The van der Waals surface area contributed by atoms with Gasteiger partial charge in [0, 0.05) is 22.3 Å². The Labute approximate surface area is 128 Å². The highest BCUT2D eigenvalue weighted by Gasteiger charge is 2.11. The summed E-state index contributed by atoms with van der Waals surface area (Å²) in [6, 6.07) is 10.3. The molecule has 1 aromatic carbocycles. The number of aryl methyl sites for hydroxylation is 1. The van der Waals surface area contributed by atoms with Crippen molar-refractivity contribution in [3.8, 4) is 5.75 Å². The Kier molecular flexibility index (Phi) is 5.15. The van der Waals surface area contributed by atoms with E-state index in [9.17, 15) is 0 Å². The van der Waals surface area contributed by atoms with Crippen LogP contribution in [0.25, 0.3) is 0 Å².